The zero-order valence-corrected chi connectivity index (χ0v) is 26.8. The molecule has 0 aliphatic rings. The maximum Gasteiger partial charge on any atom is 0.264 e. The molecule has 0 bridgehead atoms. The van der Waals surface area contributed by atoms with Crippen molar-refractivity contribution in [2.45, 2.75) is 44.7 Å². The average Bonchev–Trinajstić information content (AvgIpc) is 3.02. The molecule has 44 heavy (non-hydrogen) atoms. The van der Waals surface area contributed by atoms with Crippen LogP contribution in [0.1, 0.15) is 30.5 Å². The molecule has 0 aliphatic heterocycles. The smallest absolute Gasteiger partial charge is 0.264 e. The number of anilines is 1. The number of nitrogens with zero attached hydrogens (tertiary/aromatic N) is 2. The van der Waals surface area contributed by atoms with E-state index in [1.807, 2.05) is 75.4 Å². The van der Waals surface area contributed by atoms with Crippen LogP contribution in [0.15, 0.2) is 114 Å². The van der Waals surface area contributed by atoms with Crippen molar-refractivity contribution in [3.05, 3.63) is 131 Å². The Morgan fingerprint density at radius 3 is 2.00 bits per heavy atom. The standard InChI is InChI=1S/C35H38ClN3O4S/c1-26(2)23-37-35(41)33(22-28-12-6-4-7-13-28)38(24-29-20-18-27(3)19-21-29)34(40)25-39(32-17-11-10-16-31(32)36)44(42,43)30-14-8-5-9-15-30/h4-21,26,33H,22-25H2,1-3H3,(H,37,41)/t33-/m0/s1. The highest BCUT2D eigenvalue weighted by molar-refractivity contribution is 7.92. The van der Waals surface area contributed by atoms with Gasteiger partial charge in [0.25, 0.3) is 10.0 Å². The molecule has 1 atom stereocenters. The molecule has 4 aromatic rings. The largest absolute Gasteiger partial charge is 0.354 e. The van der Waals surface area contributed by atoms with Gasteiger partial charge in [0.1, 0.15) is 12.6 Å². The Morgan fingerprint density at radius 2 is 1.39 bits per heavy atom. The van der Waals surface area contributed by atoms with Gasteiger partial charge in [-0.05, 0) is 48.2 Å². The van der Waals surface area contributed by atoms with E-state index >= 15 is 0 Å². The molecule has 4 rings (SSSR count). The normalized spacial score (nSPS) is 12.0. The lowest BCUT2D eigenvalue weighted by atomic mass is 10.0. The Morgan fingerprint density at radius 1 is 0.795 bits per heavy atom. The Kier molecular flexibility index (Phi) is 11.2. The first-order valence-electron chi connectivity index (χ1n) is 14.5. The van der Waals surface area contributed by atoms with Gasteiger partial charge in [0.15, 0.2) is 0 Å². The summed E-state index contributed by atoms with van der Waals surface area (Å²) in [6, 6.07) is 30.7. The summed E-state index contributed by atoms with van der Waals surface area (Å²) >= 11 is 6.52. The maximum atomic E-state index is 14.5. The van der Waals surface area contributed by atoms with E-state index in [0.29, 0.717) is 6.54 Å². The molecule has 0 fully saturated rings. The monoisotopic (exact) mass is 631 g/mol. The number of hydrogen-bond acceptors (Lipinski definition) is 4. The first-order valence-corrected chi connectivity index (χ1v) is 16.4. The van der Waals surface area contributed by atoms with Gasteiger partial charge in [0, 0.05) is 19.5 Å². The molecule has 0 aliphatic carbocycles. The lowest BCUT2D eigenvalue weighted by molar-refractivity contribution is -0.140. The van der Waals surface area contributed by atoms with Crippen LogP contribution in [-0.2, 0) is 32.6 Å². The van der Waals surface area contributed by atoms with Gasteiger partial charge in [-0.1, -0.05) is 116 Å². The van der Waals surface area contributed by atoms with Crippen molar-refractivity contribution in [1.29, 1.82) is 0 Å². The number of hydrogen-bond donors (Lipinski definition) is 1. The summed E-state index contributed by atoms with van der Waals surface area (Å²) in [5.74, 6) is -0.645. The van der Waals surface area contributed by atoms with E-state index in [1.54, 1.807) is 42.5 Å². The quantitative estimate of drug-likeness (QED) is 0.189. The summed E-state index contributed by atoms with van der Waals surface area (Å²) < 4.78 is 29.1. The summed E-state index contributed by atoms with van der Waals surface area (Å²) in [6.07, 6.45) is 0.250. The highest BCUT2D eigenvalue weighted by Crippen LogP contribution is 2.31. The Labute approximate surface area is 265 Å². The van der Waals surface area contributed by atoms with Crippen LogP contribution in [-0.4, -0.2) is 44.3 Å². The molecule has 0 heterocycles. The maximum absolute atomic E-state index is 14.5. The highest BCUT2D eigenvalue weighted by Gasteiger charge is 2.35. The van der Waals surface area contributed by atoms with Crippen LogP contribution in [0, 0.1) is 12.8 Å². The van der Waals surface area contributed by atoms with Crippen molar-refractivity contribution >= 4 is 39.1 Å². The molecule has 0 aromatic heterocycles. The SMILES string of the molecule is Cc1ccc(CN(C(=O)CN(c2ccccc2Cl)S(=O)(=O)c2ccccc2)[C@@H](Cc2ccccc2)C(=O)NCC(C)C)cc1. The number of carbonyl (C=O) groups is 2. The number of amides is 2. The Bertz CT molecular complexity index is 1650. The van der Waals surface area contributed by atoms with Gasteiger partial charge in [-0.25, -0.2) is 8.42 Å². The topological polar surface area (TPSA) is 86.8 Å². The molecule has 0 saturated carbocycles. The number of halogens is 1. The average molecular weight is 632 g/mol. The number of para-hydroxylation sites is 1. The lowest BCUT2D eigenvalue weighted by Gasteiger charge is -2.34. The molecule has 1 N–H and O–H groups in total. The fraction of sp³-hybridized carbons (Fsp3) is 0.257. The van der Waals surface area contributed by atoms with Crippen LogP contribution >= 0.6 is 11.6 Å². The molecule has 0 unspecified atom stereocenters. The number of benzene rings is 4. The fourth-order valence-electron chi connectivity index (χ4n) is 4.75. The van der Waals surface area contributed by atoms with Gasteiger partial charge in [-0.15, -0.1) is 0 Å². The predicted molar refractivity (Wildman–Crippen MR) is 176 cm³/mol. The van der Waals surface area contributed by atoms with Gasteiger partial charge in [-0.3, -0.25) is 13.9 Å². The molecule has 9 heteroatoms. The lowest BCUT2D eigenvalue weighted by Crippen LogP contribution is -2.53. The minimum absolute atomic E-state index is 0.0216. The first-order chi connectivity index (χ1) is 21.1. The van der Waals surface area contributed by atoms with E-state index in [-0.39, 0.29) is 40.4 Å². The second-order valence-electron chi connectivity index (χ2n) is 11.1. The fourth-order valence-corrected chi connectivity index (χ4v) is 6.50. The van der Waals surface area contributed by atoms with Crippen LogP contribution in [0.2, 0.25) is 5.02 Å². The molecular weight excluding hydrogens is 594 g/mol. The summed E-state index contributed by atoms with van der Waals surface area (Å²) in [5.41, 5.74) is 2.92. The first kappa shape index (κ1) is 32.8. The van der Waals surface area contributed by atoms with Gasteiger partial charge in [0.2, 0.25) is 11.8 Å². The molecule has 2 amide bonds. The van der Waals surface area contributed by atoms with Crippen molar-refractivity contribution in [2.24, 2.45) is 5.92 Å². The van der Waals surface area contributed by atoms with E-state index in [4.69, 9.17) is 11.6 Å². The van der Waals surface area contributed by atoms with Gasteiger partial charge >= 0.3 is 0 Å². The Balaban J connectivity index is 1.79. The van der Waals surface area contributed by atoms with Crippen LogP contribution < -0.4 is 9.62 Å². The van der Waals surface area contributed by atoms with E-state index in [1.165, 1.54) is 17.0 Å². The second-order valence-corrected chi connectivity index (χ2v) is 13.4. The van der Waals surface area contributed by atoms with Crippen LogP contribution in [0.4, 0.5) is 5.69 Å². The third kappa shape index (κ3) is 8.49. The number of sulfonamides is 1. The zero-order valence-electron chi connectivity index (χ0n) is 25.2. The summed E-state index contributed by atoms with van der Waals surface area (Å²) in [7, 11) is -4.21. The van der Waals surface area contributed by atoms with E-state index in [0.717, 1.165) is 21.0 Å². The molecule has 7 nitrogen and oxygen atoms in total. The van der Waals surface area contributed by atoms with Gasteiger partial charge < -0.3 is 10.2 Å². The summed E-state index contributed by atoms with van der Waals surface area (Å²) in [4.78, 5) is 29.8. The van der Waals surface area contributed by atoms with Crippen molar-refractivity contribution in [2.75, 3.05) is 17.4 Å². The number of aryl methyl sites for hydroxylation is 1. The third-order valence-corrected chi connectivity index (χ3v) is 9.25. The van der Waals surface area contributed by atoms with E-state index in [9.17, 15) is 18.0 Å². The number of nitrogens with one attached hydrogen (secondary N) is 1. The van der Waals surface area contributed by atoms with Gasteiger partial charge in [0.05, 0.1) is 15.6 Å². The van der Waals surface area contributed by atoms with E-state index < -0.39 is 28.5 Å². The molecule has 0 saturated heterocycles. The van der Waals surface area contributed by atoms with E-state index in [2.05, 4.69) is 5.32 Å². The third-order valence-electron chi connectivity index (χ3n) is 7.16. The van der Waals surface area contributed by atoms with Crippen LogP contribution in [0.25, 0.3) is 0 Å². The van der Waals surface area contributed by atoms with Gasteiger partial charge in [-0.2, -0.15) is 0 Å². The summed E-state index contributed by atoms with van der Waals surface area (Å²) in [5, 5.41) is 3.18. The van der Waals surface area contributed by atoms with Crippen molar-refractivity contribution in [1.82, 2.24) is 10.2 Å². The number of rotatable bonds is 13. The zero-order chi connectivity index (χ0) is 31.7. The molecular formula is C35H38ClN3O4S. The minimum atomic E-state index is -4.21. The second kappa shape index (κ2) is 15.0. The van der Waals surface area contributed by atoms with Crippen LogP contribution in [0.5, 0.6) is 0 Å². The predicted octanol–water partition coefficient (Wildman–Crippen LogP) is 6.26. The molecule has 230 valence electrons. The summed E-state index contributed by atoms with van der Waals surface area (Å²) in [6.45, 7) is 5.95. The highest BCUT2D eigenvalue weighted by atomic mass is 35.5. The molecule has 4 aromatic carbocycles. The molecule has 0 spiro atoms. The minimum Gasteiger partial charge on any atom is -0.354 e. The Hall–Kier alpha value is -4.14. The van der Waals surface area contributed by atoms with Crippen molar-refractivity contribution < 1.29 is 18.0 Å². The van der Waals surface area contributed by atoms with Crippen LogP contribution in [0.3, 0.4) is 0 Å². The number of carbonyl (C=O) groups excluding carboxylic acids is 2. The van der Waals surface area contributed by atoms with Crippen molar-refractivity contribution in [3.63, 3.8) is 0 Å². The molecule has 0 radical (unpaired) electrons. The van der Waals surface area contributed by atoms with Crippen molar-refractivity contribution in [3.8, 4) is 0 Å².